The van der Waals surface area contributed by atoms with Gasteiger partial charge in [0.2, 0.25) is 17.7 Å². The minimum absolute atomic E-state index is 0.0297. The number of carbonyl (C=O) groups excluding carboxylic acids is 4. The second-order valence-corrected chi connectivity index (χ2v) is 14.5. The third-order valence-corrected chi connectivity index (χ3v) is 9.53. The van der Waals surface area contributed by atoms with E-state index in [-0.39, 0.29) is 31.4 Å². The van der Waals surface area contributed by atoms with Gasteiger partial charge >= 0.3 is 12.1 Å². The van der Waals surface area contributed by atoms with E-state index in [1.165, 1.54) is 41.3 Å². The van der Waals surface area contributed by atoms with Crippen molar-refractivity contribution in [1.82, 2.24) is 20.5 Å². The van der Waals surface area contributed by atoms with Gasteiger partial charge in [0.1, 0.15) is 41.0 Å². The second-order valence-electron chi connectivity index (χ2n) is 14.5. The molecule has 0 spiro atoms. The number of nitrogens with one attached hydrogen (secondary N) is 2. The van der Waals surface area contributed by atoms with Crippen LogP contribution in [0.25, 0.3) is 21.7 Å². The normalized spacial score (nSPS) is 25.6. The molecule has 2 aromatic carbocycles. The van der Waals surface area contributed by atoms with E-state index in [0.29, 0.717) is 40.9 Å². The number of alkyl carbamates (subject to hydrolysis) is 1. The number of amides is 3. The molecular formula is C38H44F2N4O7. The van der Waals surface area contributed by atoms with Gasteiger partial charge in [-0.2, -0.15) is 0 Å². The number of ether oxygens (including phenoxy) is 3. The van der Waals surface area contributed by atoms with Crippen LogP contribution in [0.3, 0.4) is 0 Å². The van der Waals surface area contributed by atoms with Gasteiger partial charge in [0.15, 0.2) is 0 Å². The van der Waals surface area contributed by atoms with Gasteiger partial charge < -0.3 is 29.7 Å². The fourth-order valence-corrected chi connectivity index (χ4v) is 7.01. The molecule has 2 fully saturated rings. The van der Waals surface area contributed by atoms with Crippen molar-refractivity contribution in [2.45, 2.75) is 102 Å². The van der Waals surface area contributed by atoms with Crippen LogP contribution in [-0.4, -0.2) is 76.2 Å². The number of aromatic nitrogens is 1. The summed E-state index contributed by atoms with van der Waals surface area (Å²) < 4.78 is 45.9. The molecule has 0 unspecified atom stereocenters. The fourth-order valence-electron chi connectivity index (χ4n) is 7.01. The number of pyridine rings is 1. The lowest BCUT2D eigenvalue weighted by atomic mass is 10.0. The van der Waals surface area contributed by atoms with Crippen LogP contribution in [0.4, 0.5) is 13.6 Å². The molecule has 0 bridgehead atoms. The van der Waals surface area contributed by atoms with Crippen LogP contribution in [0.2, 0.25) is 0 Å². The Morgan fingerprint density at radius 1 is 1.04 bits per heavy atom. The third-order valence-electron chi connectivity index (χ3n) is 9.53. The van der Waals surface area contributed by atoms with Crippen molar-refractivity contribution in [3.05, 3.63) is 60.2 Å². The quantitative estimate of drug-likeness (QED) is 0.191. The SMILES string of the molecule is CCOC(=O)[C@@]12C[C@H]1C=CCCCCC[C@H](NC(=O)OC(C)(C)C)C(=O)N1C[C@H](Oc3nc4ccc(F)cc4c4cc(F)ccc34)C[C@H]1C(=O)N2. The molecule has 0 radical (unpaired) electrons. The zero-order valence-electron chi connectivity index (χ0n) is 29.3. The van der Waals surface area contributed by atoms with Gasteiger partial charge in [0.05, 0.1) is 18.7 Å². The first-order valence-electron chi connectivity index (χ1n) is 17.6. The largest absolute Gasteiger partial charge is 0.472 e. The highest BCUT2D eigenvalue weighted by atomic mass is 19.1. The van der Waals surface area contributed by atoms with Gasteiger partial charge in [-0.05, 0) is 95.2 Å². The summed E-state index contributed by atoms with van der Waals surface area (Å²) in [6, 6.07) is 5.94. The van der Waals surface area contributed by atoms with Crippen LogP contribution in [0.5, 0.6) is 5.88 Å². The Kier molecular flexibility index (Phi) is 10.2. The molecule has 1 saturated carbocycles. The molecule has 3 aliphatic rings. The summed E-state index contributed by atoms with van der Waals surface area (Å²) in [5.41, 5.74) is -1.70. The molecule has 1 aromatic heterocycles. The van der Waals surface area contributed by atoms with E-state index < -0.39 is 64.8 Å². The summed E-state index contributed by atoms with van der Waals surface area (Å²) in [5, 5.41) is 6.88. The van der Waals surface area contributed by atoms with E-state index in [1.807, 2.05) is 12.2 Å². The second kappa shape index (κ2) is 14.4. The molecule has 3 aromatic rings. The van der Waals surface area contributed by atoms with E-state index in [9.17, 15) is 28.0 Å². The molecule has 13 heteroatoms. The number of rotatable bonds is 5. The number of carbonyl (C=O) groups is 4. The topological polar surface area (TPSA) is 136 Å². The molecule has 5 atom stereocenters. The van der Waals surface area contributed by atoms with Crippen LogP contribution in [0.15, 0.2) is 48.6 Å². The van der Waals surface area contributed by atoms with Crippen LogP contribution < -0.4 is 15.4 Å². The fraction of sp³-hybridized carbons (Fsp3) is 0.500. The van der Waals surface area contributed by atoms with Crippen molar-refractivity contribution in [2.24, 2.45) is 5.92 Å². The van der Waals surface area contributed by atoms with E-state index >= 15 is 0 Å². The Bertz CT molecular complexity index is 1880. The average Bonchev–Trinajstić information content (AvgIpc) is 3.59. The number of esters is 1. The summed E-state index contributed by atoms with van der Waals surface area (Å²) in [6.07, 6.45) is 6.14. The smallest absolute Gasteiger partial charge is 0.408 e. The summed E-state index contributed by atoms with van der Waals surface area (Å²) in [5.74, 6) is -2.75. The zero-order chi connectivity index (χ0) is 36.5. The van der Waals surface area contributed by atoms with Crippen molar-refractivity contribution in [3.8, 4) is 5.88 Å². The summed E-state index contributed by atoms with van der Waals surface area (Å²) in [4.78, 5) is 60.8. The summed E-state index contributed by atoms with van der Waals surface area (Å²) in [6.45, 7) is 6.95. The van der Waals surface area contributed by atoms with Crippen LogP contribution in [0, 0.1) is 17.6 Å². The highest BCUT2D eigenvalue weighted by molar-refractivity contribution is 6.07. The van der Waals surface area contributed by atoms with E-state index in [4.69, 9.17) is 14.2 Å². The van der Waals surface area contributed by atoms with E-state index in [0.717, 1.165) is 19.3 Å². The Morgan fingerprint density at radius 2 is 1.78 bits per heavy atom. The predicted molar refractivity (Wildman–Crippen MR) is 185 cm³/mol. The lowest BCUT2D eigenvalue weighted by molar-refractivity contribution is -0.150. The van der Waals surface area contributed by atoms with Crippen molar-refractivity contribution in [2.75, 3.05) is 13.2 Å². The number of nitrogens with zero attached hydrogens (tertiary/aromatic N) is 2. The highest BCUT2D eigenvalue weighted by Crippen LogP contribution is 2.46. The van der Waals surface area contributed by atoms with Crippen molar-refractivity contribution < 1.29 is 42.2 Å². The number of hydrogen-bond acceptors (Lipinski definition) is 8. The highest BCUT2D eigenvalue weighted by Gasteiger charge is 2.62. The Labute approximate surface area is 295 Å². The van der Waals surface area contributed by atoms with Crippen LogP contribution in [0.1, 0.15) is 72.6 Å². The third kappa shape index (κ3) is 7.92. The van der Waals surface area contributed by atoms with Gasteiger partial charge in [-0.1, -0.05) is 25.0 Å². The first-order chi connectivity index (χ1) is 24.3. The maximum absolute atomic E-state index is 14.4. The number of hydrogen-bond donors (Lipinski definition) is 2. The summed E-state index contributed by atoms with van der Waals surface area (Å²) >= 11 is 0. The first kappa shape index (κ1) is 36.0. The van der Waals surface area contributed by atoms with Gasteiger partial charge in [0.25, 0.3) is 0 Å². The van der Waals surface area contributed by atoms with Gasteiger partial charge in [-0.25, -0.2) is 23.4 Å². The van der Waals surface area contributed by atoms with E-state index in [2.05, 4.69) is 15.6 Å². The number of halogens is 2. The maximum atomic E-state index is 14.4. The molecule has 1 aliphatic carbocycles. The van der Waals surface area contributed by atoms with Crippen LogP contribution >= 0.6 is 0 Å². The molecule has 51 heavy (non-hydrogen) atoms. The van der Waals surface area contributed by atoms with Crippen molar-refractivity contribution >= 4 is 45.6 Å². The molecule has 2 aliphatic heterocycles. The van der Waals surface area contributed by atoms with Gasteiger partial charge in [0, 0.05) is 23.1 Å². The van der Waals surface area contributed by atoms with Crippen molar-refractivity contribution in [3.63, 3.8) is 0 Å². The lowest BCUT2D eigenvalue weighted by Crippen LogP contribution is -2.56. The van der Waals surface area contributed by atoms with Gasteiger partial charge in [-0.3, -0.25) is 9.59 Å². The van der Waals surface area contributed by atoms with Gasteiger partial charge in [-0.15, -0.1) is 0 Å². The Morgan fingerprint density at radius 3 is 2.53 bits per heavy atom. The van der Waals surface area contributed by atoms with Crippen molar-refractivity contribution in [1.29, 1.82) is 0 Å². The summed E-state index contributed by atoms with van der Waals surface area (Å²) in [7, 11) is 0. The molecule has 11 nitrogen and oxygen atoms in total. The molecule has 3 heterocycles. The monoisotopic (exact) mass is 706 g/mol. The minimum Gasteiger partial charge on any atom is -0.472 e. The maximum Gasteiger partial charge on any atom is 0.408 e. The number of benzene rings is 2. The zero-order valence-corrected chi connectivity index (χ0v) is 29.3. The Hall–Kier alpha value is -4.81. The predicted octanol–water partition coefficient (Wildman–Crippen LogP) is 5.87. The molecule has 272 valence electrons. The molecule has 2 N–H and O–H groups in total. The number of fused-ring (bicyclic) bond motifs is 5. The molecule has 1 saturated heterocycles. The molecule has 6 rings (SSSR count). The van der Waals surface area contributed by atoms with Crippen LogP contribution in [-0.2, 0) is 23.9 Å². The van der Waals surface area contributed by atoms with E-state index in [1.54, 1.807) is 27.7 Å². The standard InChI is InChI=1S/C38H44F2N4O7/c1-5-49-35(47)38-20-22(38)11-9-7-6-8-10-12-30(42-36(48)51-37(2,3)4)34(46)44-21-25(19-31(44)32(45)43-38)50-33-26-15-13-23(39)17-27(26)28-18-24(40)14-16-29(28)41-33/h9,11,13-18,22,25,30-31H,5-8,10,12,19-21H2,1-4H3,(H,42,48)(H,43,45)/t22-,25-,30+,31+,38-/m1/s1. The minimum atomic E-state index is -1.26. The lowest BCUT2D eigenvalue weighted by Gasteiger charge is -2.30. The Balaban J connectivity index is 1.35. The first-order valence-corrected chi connectivity index (χ1v) is 17.6. The number of allylic oxidation sites excluding steroid dienone is 1. The average molecular weight is 707 g/mol. The molecule has 3 amide bonds. The molecular weight excluding hydrogens is 662 g/mol.